The van der Waals surface area contributed by atoms with Crippen LogP contribution in [0.4, 0.5) is 11.4 Å². The van der Waals surface area contributed by atoms with Crippen LogP contribution in [0, 0.1) is 19.8 Å². The molecule has 0 aromatic heterocycles. The largest absolute Gasteiger partial charge is 0.399 e. The third-order valence-corrected chi connectivity index (χ3v) is 13.9. The molecule has 57 heavy (non-hydrogen) atoms. The highest BCUT2D eigenvalue weighted by Crippen LogP contribution is 2.48. The maximum absolute atomic E-state index is 6.25. The van der Waals surface area contributed by atoms with E-state index in [2.05, 4.69) is 120 Å². The molecule has 5 rings (SSSR count). The van der Waals surface area contributed by atoms with E-state index in [1.807, 2.05) is 0 Å². The van der Waals surface area contributed by atoms with Gasteiger partial charge < -0.3 is 11.5 Å². The van der Waals surface area contributed by atoms with Crippen LogP contribution in [0.25, 0.3) is 0 Å². The van der Waals surface area contributed by atoms with Crippen LogP contribution in [0.1, 0.15) is 218 Å². The summed E-state index contributed by atoms with van der Waals surface area (Å²) in [4.78, 5) is 0. The number of hydrogen-bond donors (Lipinski definition) is 2. The number of nitrogens with two attached hydrogens (primary N) is 2. The van der Waals surface area contributed by atoms with E-state index in [1.165, 1.54) is 186 Å². The molecule has 2 heteroatoms. The molecule has 2 unspecified atom stereocenters. The van der Waals surface area contributed by atoms with Crippen LogP contribution in [0.2, 0.25) is 0 Å². The molecule has 1 saturated carbocycles. The number of aryl methyl sites for hydroxylation is 2. The first-order valence-electron chi connectivity index (χ1n) is 23.7. The molecular weight excluding hydrogens is 689 g/mol. The summed E-state index contributed by atoms with van der Waals surface area (Å²) in [6.45, 7) is 11.6. The summed E-state index contributed by atoms with van der Waals surface area (Å²) in [5.74, 6) is 1.58. The second-order valence-corrected chi connectivity index (χ2v) is 18.4. The Morgan fingerprint density at radius 3 is 1.19 bits per heavy atom. The van der Waals surface area contributed by atoms with Gasteiger partial charge in [0.05, 0.1) is 0 Å². The molecule has 0 aliphatic heterocycles. The van der Waals surface area contributed by atoms with E-state index in [4.69, 9.17) is 11.5 Å². The number of hydrogen-bond acceptors (Lipinski definition) is 2. The van der Waals surface area contributed by atoms with Crippen molar-refractivity contribution in [3.63, 3.8) is 0 Å². The lowest BCUT2D eigenvalue weighted by Gasteiger charge is -2.41. The minimum absolute atomic E-state index is 0.0539. The van der Waals surface area contributed by atoms with Crippen LogP contribution in [-0.4, -0.2) is 0 Å². The summed E-state index contributed by atoms with van der Waals surface area (Å²) in [6, 6.07) is 33.1. The molecule has 4 aromatic carbocycles. The van der Waals surface area contributed by atoms with Crippen LogP contribution in [0.5, 0.6) is 0 Å². The van der Waals surface area contributed by atoms with E-state index >= 15 is 0 Å². The van der Waals surface area contributed by atoms with Crippen LogP contribution in [0.3, 0.4) is 0 Å². The fourth-order valence-electron chi connectivity index (χ4n) is 10.2. The minimum Gasteiger partial charge on any atom is -0.399 e. The van der Waals surface area contributed by atoms with Crippen molar-refractivity contribution < 1.29 is 0 Å². The van der Waals surface area contributed by atoms with Crippen molar-refractivity contribution in [3.05, 3.63) is 129 Å². The van der Waals surface area contributed by atoms with Gasteiger partial charge in [-0.15, -0.1) is 0 Å². The monoisotopic (exact) mass is 769 g/mol. The van der Waals surface area contributed by atoms with Crippen molar-refractivity contribution in [2.45, 2.75) is 193 Å². The smallest absolute Gasteiger partial charge is 0.0316 e. The Balaban J connectivity index is 1.37. The molecule has 0 saturated heterocycles. The van der Waals surface area contributed by atoms with E-state index < -0.39 is 0 Å². The number of unbranched alkanes of at least 4 members (excludes halogenated alkanes) is 14. The Labute approximate surface area is 350 Å². The average Bonchev–Trinajstić information content (AvgIpc) is 3.21. The molecule has 1 aliphatic rings. The first-order valence-corrected chi connectivity index (χ1v) is 23.7. The molecule has 0 radical (unpaired) electrons. The van der Waals surface area contributed by atoms with E-state index in [1.54, 1.807) is 0 Å². The molecule has 4 N–H and O–H groups in total. The van der Waals surface area contributed by atoms with Crippen molar-refractivity contribution >= 4 is 11.4 Å². The predicted molar refractivity (Wildman–Crippen MR) is 251 cm³/mol. The standard InChI is InChI=1S/C55H80N2/c1-6-8-10-12-14-16-18-20-22-53(51-34-32-49(56)40-43(51)4)45-24-28-47(29-25-45)55(38-36-42(3)37-39-55)48-30-26-46(27-31-48)54(52-35-33-50(57)41-44(52)5)23-21-19-17-15-13-11-9-7-2/h24-35,40-42,53-54H,6-23,36-39,56-57H2,1-5H3. The average molecular weight is 769 g/mol. The van der Waals surface area contributed by atoms with Crippen molar-refractivity contribution in [1.29, 1.82) is 0 Å². The molecule has 0 bridgehead atoms. The summed E-state index contributed by atoms with van der Waals surface area (Å²) >= 11 is 0. The van der Waals surface area contributed by atoms with Crippen LogP contribution in [-0.2, 0) is 5.41 Å². The van der Waals surface area contributed by atoms with Crippen LogP contribution in [0.15, 0.2) is 84.9 Å². The lowest BCUT2D eigenvalue weighted by Crippen LogP contribution is -2.32. The maximum Gasteiger partial charge on any atom is 0.0316 e. The zero-order valence-electron chi connectivity index (χ0n) is 37.0. The second kappa shape index (κ2) is 23.2. The zero-order valence-corrected chi connectivity index (χ0v) is 37.0. The van der Waals surface area contributed by atoms with Gasteiger partial charge in [0.2, 0.25) is 0 Å². The Kier molecular flexibility index (Phi) is 18.1. The van der Waals surface area contributed by atoms with Gasteiger partial charge in [-0.2, -0.15) is 0 Å². The fourth-order valence-corrected chi connectivity index (χ4v) is 10.2. The topological polar surface area (TPSA) is 52.0 Å². The van der Waals surface area contributed by atoms with E-state index in [0.717, 1.165) is 17.3 Å². The number of benzene rings is 4. The van der Waals surface area contributed by atoms with Crippen LogP contribution >= 0.6 is 0 Å². The zero-order chi connectivity index (χ0) is 40.5. The normalized spacial score (nSPS) is 18.1. The summed E-state index contributed by atoms with van der Waals surface area (Å²) < 4.78 is 0. The molecule has 0 spiro atoms. The lowest BCUT2D eigenvalue weighted by atomic mass is 9.63. The summed E-state index contributed by atoms with van der Waals surface area (Å²) in [5.41, 5.74) is 25.7. The van der Waals surface area contributed by atoms with E-state index in [9.17, 15) is 0 Å². The van der Waals surface area contributed by atoms with E-state index in [0.29, 0.717) is 11.8 Å². The van der Waals surface area contributed by atoms with Crippen molar-refractivity contribution in [3.8, 4) is 0 Å². The maximum atomic E-state index is 6.25. The number of anilines is 2. The molecule has 1 aliphatic carbocycles. The summed E-state index contributed by atoms with van der Waals surface area (Å²) in [7, 11) is 0. The highest BCUT2D eigenvalue weighted by molar-refractivity contribution is 5.51. The third kappa shape index (κ3) is 12.7. The molecule has 2 atom stereocenters. The van der Waals surface area contributed by atoms with Gasteiger partial charge in [-0.25, -0.2) is 0 Å². The van der Waals surface area contributed by atoms with Crippen molar-refractivity contribution in [1.82, 2.24) is 0 Å². The number of rotatable bonds is 24. The van der Waals surface area contributed by atoms with Gasteiger partial charge in [-0.3, -0.25) is 0 Å². The number of nitrogen functional groups attached to an aromatic ring is 2. The van der Waals surface area contributed by atoms with Crippen molar-refractivity contribution in [2.24, 2.45) is 5.92 Å². The second-order valence-electron chi connectivity index (χ2n) is 18.4. The molecule has 4 aromatic rings. The highest BCUT2D eigenvalue weighted by atomic mass is 14.5. The Hall–Kier alpha value is -3.52. The molecule has 310 valence electrons. The van der Waals surface area contributed by atoms with Gasteiger partial charge in [-0.05, 0) is 127 Å². The lowest BCUT2D eigenvalue weighted by molar-refractivity contribution is 0.280. The van der Waals surface area contributed by atoms with Gasteiger partial charge in [0.15, 0.2) is 0 Å². The van der Waals surface area contributed by atoms with Gasteiger partial charge in [-0.1, -0.05) is 184 Å². The van der Waals surface area contributed by atoms with Crippen molar-refractivity contribution in [2.75, 3.05) is 11.5 Å². The Bertz CT molecular complexity index is 1600. The fraction of sp³-hybridized carbons (Fsp3) is 0.564. The van der Waals surface area contributed by atoms with Gasteiger partial charge in [0.25, 0.3) is 0 Å². The minimum atomic E-state index is 0.0539. The van der Waals surface area contributed by atoms with Gasteiger partial charge >= 0.3 is 0 Å². The first-order chi connectivity index (χ1) is 27.8. The highest BCUT2D eigenvalue weighted by Gasteiger charge is 2.38. The summed E-state index contributed by atoms with van der Waals surface area (Å²) in [5, 5.41) is 0. The van der Waals surface area contributed by atoms with Crippen LogP contribution < -0.4 is 11.5 Å². The molecule has 1 fully saturated rings. The Morgan fingerprint density at radius 1 is 0.491 bits per heavy atom. The first kappa shape index (κ1) is 44.6. The SMILES string of the molecule is CCCCCCCCCCC(c1ccc(C2(c3ccc(C(CCCCCCCCCC)c4ccc(N)cc4C)cc3)CCC(C)CC2)cc1)c1ccc(N)cc1C. The molecule has 0 amide bonds. The van der Waals surface area contributed by atoms with E-state index in [-0.39, 0.29) is 5.41 Å². The quantitative estimate of drug-likeness (QED) is 0.0551. The van der Waals surface area contributed by atoms with Gasteiger partial charge in [0.1, 0.15) is 0 Å². The predicted octanol–water partition coefficient (Wildman–Crippen LogP) is 16.3. The molecule has 0 heterocycles. The molecule has 2 nitrogen and oxygen atoms in total. The third-order valence-electron chi connectivity index (χ3n) is 13.9. The van der Waals surface area contributed by atoms with Gasteiger partial charge in [0, 0.05) is 28.6 Å². The summed E-state index contributed by atoms with van der Waals surface area (Å²) in [6.07, 6.45) is 29.0. The Morgan fingerprint density at radius 2 is 0.842 bits per heavy atom. The molecular formula is C55H80N2.